The highest BCUT2D eigenvalue weighted by atomic mass is 16.3. The van der Waals surface area contributed by atoms with E-state index in [-0.39, 0.29) is 5.41 Å². The van der Waals surface area contributed by atoms with E-state index >= 15 is 0 Å². The summed E-state index contributed by atoms with van der Waals surface area (Å²) in [5.41, 5.74) is -0.492. The molecule has 1 heteroatoms. The molecule has 1 N–H and O–H groups in total. The summed E-state index contributed by atoms with van der Waals surface area (Å²) < 4.78 is 0. The summed E-state index contributed by atoms with van der Waals surface area (Å²) in [6.45, 7) is 12.8. The lowest BCUT2D eigenvalue weighted by Crippen LogP contribution is -2.41. The van der Waals surface area contributed by atoms with Crippen LogP contribution in [0.5, 0.6) is 0 Å². The molecule has 0 saturated carbocycles. The summed E-state index contributed by atoms with van der Waals surface area (Å²) in [4.78, 5) is 0. The maximum Gasteiger partial charge on any atom is 0.0670 e. The normalized spacial score (nSPS) is 17.5. The van der Waals surface area contributed by atoms with Gasteiger partial charge in [-0.3, -0.25) is 0 Å². The Kier molecular flexibility index (Phi) is 4.44. The summed E-state index contributed by atoms with van der Waals surface area (Å²) in [5.74, 6) is 0.680. The Hall–Kier alpha value is -0.0400. The van der Waals surface area contributed by atoms with E-state index in [4.69, 9.17) is 0 Å². The van der Waals surface area contributed by atoms with Gasteiger partial charge in [-0.1, -0.05) is 34.6 Å². The highest BCUT2D eigenvalue weighted by Crippen LogP contribution is 2.37. The minimum Gasteiger partial charge on any atom is -0.390 e. The molecule has 0 aliphatic carbocycles. The Morgan fingerprint density at radius 1 is 1.15 bits per heavy atom. The predicted octanol–water partition coefficient (Wildman–Crippen LogP) is 3.61. The maximum atomic E-state index is 10.3. The molecule has 0 saturated heterocycles. The van der Waals surface area contributed by atoms with E-state index in [1.807, 2.05) is 6.92 Å². The first kappa shape index (κ1) is 13.0. The van der Waals surface area contributed by atoms with Crippen LogP contribution in [0.15, 0.2) is 0 Å². The van der Waals surface area contributed by atoms with E-state index in [1.54, 1.807) is 0 Å². The molecule has 1 nitrogen and oxygen atoms in total. The molecule has 0 aliphatic heterocycles. The highest BCUT2D eigenvalue weighted by Gasteiger charge is 2.37. The van der Waals surface area contributed by atoms with Crippen molar-refractivity contribution < 1.29 is 5.11 Å². The van der Waals surface area contributed by atoms with Crippen LogP contribution in [0.1, 0.15) is 60.8 Å². The van der Waals surface area contributed by atoms with E-state index in [1.165, 1.54) is 0 Å². The number of hydrogen-bond acceptors (Lipinski definition) is 1. The minimum absolute atomic E-state index is 0.0297. The van der Waals surface area contributed by atoms with Gasteiger partial charge >= 0.3 is 0 Å². The lowest BCUT2D eigenvalue weighted by Gasteiger charge is -2.40. The zero-order valence-corrected chi connectivity index (χ0v) is 10.1. The molecule has 0 aromatic heterocycles. The van der Waals surface area contributed by atoms with Crippen LogP contribution in [0.4, 0.5) is 0 Å². The topological polar surface area (TPSA) is 20.2 Å². The average Bonchev–Trinajstić information content (AvgIpc) is 2.01. The van der Waals surface area contributed by atoms with Gasteiger partial charge < -0.3 is 5.11 Å². The molecular formula is C12H26O. The van der Waals surface area contributed by atoms with Crippen LogP contribution in [0, 0.1) is 11.3 Å². The van der Waals surface area contributed by atoms with Crippen LogP contribution in [0.2, 0.25) is 0 Å². The molecule has 0 aromatic rings. The molecule has 0 radical (unpaired) electrons. The van der Waals surface area contributed by atoms with Crippen molar-refractivity contribution in [2.75, 3.05) is 0 Å². The van der Waals surface area contributed by atoms with Crippen LogP contribution < -0.4 is 0 Å². The van der Waals surface area contributed by atoms with Crippen molar-refractivity contribution in [3.63, 3.8) is 0 Å². The molecule has 1 atom stereocenters. The third-order valence-electron chi connectivity index (χ3n) is 3.55. The highest BCUT2D eigenvalue weighted by molar-refractivity contribution is 4.88. The van der Waals surface area contributed by atoms with Gasteiger partial charge in [-0.25, -0.2) is 0 Å². The first-order chi connectivity index (χ1) is 5.73. The van der Waals surface area contributed by atoms with Crippen LogP contribution >= 0.6 is 0 Å². The smallest absolute Gasteiger partial charge is 0.0670 e. The standard InChI is InChI=1S/C12H26O/c1-7-11(4,5)12(6,13)9-8-10(2)3/h10,13H,7-9H2,1-6H3. The van der Waals surface area contributed by atoms with Crippen LogP contribution in [0.25, 0.3) is 0 Å². The molecule has 0 rings (SSSR count). The van der Waals surface area contributed by atoms with Crippen LogP contribution in [-0.2, 0) is 0 Å². The first-order valence-electron chi connectivity index (χ1n) is 5.45. The lowest BCUT2D eigenvalue weighted by molar-refractivity contribution is -0.0628. The van der Waals surface area contributed by atoms with Gasteiger partial charge in [0.15, 0.2) is 0 Å². The molecule has 13 heavy (non-hydrogen) atoms. The second-order valence-corrected chi connectivity index (χ2v) is 5.44. The Morgan fingerprint density at radius 2 is 1.62 bits per heavy atom. The van der Waals surface area contributed by atoms with Crippen molar-refractivity contribution in [2.24, 2.45) is 11.3 Å². The fourth-order valence-corrected chi connectivity index (χ4v) is 1.29. The molecule has 0 aliphatic rings. The summed E-state index contributed by atoms with van der Waals surface area (Å²) in [6.07, 6.45) is 3.04. The van der Waals surface area contributed by atoms with Gasteiger partial charge in [-0.05, 0) is 37.5 Å². The Morgan fingerprint density at radius 3 is 1.92 bits per heavy atom. The van der Waals surface area contributed by atoms with Crippen LogP contribution in [0.3, 0.4) is 0 Å². The predicted molar refractivity (Wildman–Crippen MR) is 58.8 cm³/mol. The third kappa shape index (κ3) is 3.68. The van der Waals surface area contributed by atoms with E-state index in [0.29, 0.717) is 5.92 Å². The fraction of sp³-hybridized carbons (Fsp3) is 1.00. The first-order valence-corrected chi connectivity index (χ1v) is 5.45. The number of hydrogen-bond donors (Lipinski definition) is 1. The van der Waals surface area contributed by atoms with Gasteiger partial charge in [0.1, 0.15) is 0 Å². The summed E-state index contributed by atoms with van der Waals surface area (Å²) in [6, 6.07) is 0. The van der Waals surface area contributed by atoms with Crippen molar-refractivity contribution in [2.45, 2.75) is 66.4 Å². The molecule has 0 amide bonds. The van der Waals surface area contributed by atoms with E-state index in [9.17, 15) is 5.11 Å². The lowest BCUT2D eigenvalue weighted by atomic mass is 9.71. The summed E-state index contributed by atoms with van der Waals surface area (Å²) in [5, 5.41) is 10.3. The van der Waals surface area contributed by atoms with Crippen LogP contribution in [-0.4, -0.2) is 10.7 Å². The molecule has 1 unspecified atom stereocenters. The maximum absolute atomic E-state index is 10.3. The Balaban J connectivity index is 4.22. The van der Waals surface area contributed by atoms with Gasteiger partial charge in [-0.15, -0.1) is 0 Å². The molecule has 0 bridgehead atoms. The average molecular weight is 186 g/mol. The number of aliphatic hydroxyl groups is 1. The van der Waals surface area contributed by atoms with E-state index < -0.39 is 5.60 Å². The van der Waals surface area contributed by atoms with Crippen molar-refractivity contribution in [3.05, 3.63) is 0 Å². The minimum atomic E-state index is -0.522. The van der Waals surface area contributed by atoms with Crippen molar-refractivity contribution in [1.82, 2.24) is 0 Å². The number of rotatable bonds is 5. The van der Waals surface area contributed by atoms with E-state index in [2.05, 4.69) is 34.6 Å². The Labute approximate surface area is 83.5 Å². The van der Waals surface area contributed by atoms with Gasteiger partial charge in [0.25, 0.3) is 0 Å². The molecule has 0 spiro atoms. The van der Waals surface area contributed by atoms with E-state index in [0.717, 1.165) is 19.3 Å². The van der Waals surface area contributed by atoms with Gasteiger partial charge in [0.2, 0.25) is 0 Å². The van der Waals surface area contributed by atoms with Gasteiger partial charge in [0.05, 0.1) is 5.60 Å². The summed E-state index contributed by atoms with van der Waals surface area (Å²) in [7, 11) is 0. The van der Waals surface area contributed by atoms with Crippen molar-refractivity contribution in [1.29, 1.82) is 0 Å². The zero-order valence-electron chi connectivity index (χ0n) is 10.1. The van der Waals surface area contributed by atoms with Gasteiger partial charge in [-0.2, -0.15) is 0 Å². The molecular weight excluding hydrogens is 160 g/mol. The molecule has 0 fully saturated rings. The zero-order chi connectivity index (χ0) is 10.7. The monoisotopic (exact) mass is 186 g/mol. The summed E-state index contributed by atoms with van der Waals surface area (Å²) >= 11 is 0. The molecule has 0 aromatic carbocycles. The SMILES string of the molecule is CCC(C)(C)C(C)(O)CCC(C)C. The second kappa shape index (κ2) is 4.45. The Bertz CT molecular complexity index is 145. The fourth-order valence-electron chi connectivity index (χ4n) is 1.29. The quantitative estimate of drug-likeness (QED) is 0.695. The second-order valence-electron chi connectivity index (χ2n) is 5.44. The third-order valence-corrected chi connectivity index (χ3v) is 3.55. The van der Waals surface area contributed by atoms with Crippen molar-refractivity contribution >= 4 is 0 Å². The van der Waals surface area contributed by atoms with Crippen molar-refractivity contribution in [3.8, 4) is 0 Å². The molecule has 80 valence electrons. The molecule has 0 heterocycles. The van der Waals surface area contributed by atoms with Gasteiger partial charge in [0, 0.05) is 0 Å². The largest absolute Gasteiger partial charge is 0.390 e.